The van der Waals surface area contributed by atoms with E-state index in [2.05, 4.69) is 9.97 Å². The molecular formula is C16H31N4O5P. The third-order valence-corrected chi connectivity index (χ3v) is 6.23. The zero-order valence-corrected chi connectivity index (χ0v) is 17.2. The van der Waals surface area contributed by atoms with Crippen molar-refractivity contribution in [3.63, 3.8) is 0 Å². The Hall–Kier alpha value is -1.41. The second-order valence-corrected chi connectivity index (χ2v) is 9.62. The summed E-state index contributed by atoms with van der Waals surface area (Å²) in [4.78, 5) is 27.6. The number of nitrogens with two attached hydrogens (primary N) is 2. The van der Waals surface area contributed by atoms with Gasteiger partial charge in [0.2, 0.25) is 11.8 Å². The molecule has 0 saturated heterocycles. The van der Waals surface area contributed by atoms with Gasteiger partial charge in [-0.15, -0.1) is 0 Å². The van der Waals surface area contributed by atoms with Crippen LogP contribution in [-0.4, -0.2) is 38.3 Å². The number of nitrogen functional groups attached to an aromatic ring is 2. The molecule has 0 aliphatic rings. The van der Waals surface area contributed by atoms with Gasteiger partial charge in [-0.1, -0.05) is 41.5 Å². The summed E-state index contributed by atoms with van der Waals surface area (Å²) in [7, 11) is -4.51. The highest BCUT2D eigenvalue weighted by molar-refractivity contribution is 7.53. The molecule has 1 rings (SSSR count). The maximum Gasteiger partial charge on any atom is 0.357 e. The van der Waals surface area contributed by atoms with E-state index in [1.165, 1.54) is 6.07 Å². The second-order valence-electron chi connectivity index (χ2n) is 7.84. The molecule has 26 heavy (non-hydrogen) atoms. The minimum absolute atomic E-state index is 0.00851. The number of hydrogen-bond donors (Lipinski definition) is 4. The van der Waals surface area contributed by atoms with Crippen LogP contribution in [0, 0.1) is 17.3 Å². The van der Waals surface area contributed by atoms with Crippen LogP contribution < -0.4 is 16.2 Å². The van der Waals surface area contributed by atoms with Crippen LogP contribution >= 0.6 is 7.60 Å². The van der Waals surface area contributed by atoms with E-state index in [0.717, 1.165) is 0 Å². The summed E-state index contributed by atoms with van der Waals surface area (Å²) in [5.41, 5.74) is 10.6. The molecule has 0 unspecified atom stereocenters. The number of ether oxygens (including phenoxy) is 2. The zero-order valence-electron chi connectivity index (χ0n) is 16.3. The number of hydrogen-bond acceptors (Lipinski definition) is 7. The summed E-state index contributed by atoms with van der Waals surface area (Å²) >= 11 is 0. The van der Waals surface area contributed by atoms with Crippen molar-refractivity contribution in [1.82, 2.24) is 9.97 Å². The molecule has 0 bridgehead atoms. The van der Waals surface area contributed by atoms with E-state index in [1.807, 2.05) is 13.8 Å². The summed E-state index contributed by atoms with van der Waals surface area (Å²) in [5.74, 6) is -0.309. The SMILES string of the molecule is CC(C)C(OCC(C)(C)COc1cc(N)nc(N)n1)(C(C)C)P(=O)(O)O. The molecule has 9 nitrogen and oxygen atoms in total. The highest BCUT2D eigenvalue weighted by Gasteiger charge is 2.53. The molecule has 0 spiro atoms. The molecule has 0 atom stereocenters. The number of anilines is 2. The van der Waals surface area contributed by atoms with Crippen LogP contribution in [0.15, 0.2) is 6.07 Å². The van der Waals surface area contributed by atoms with Crippen molar-refractivity contribution in [3.8, 4) is 5.88 Å². The Morgan fingerprint density at radius 1 is 1.12 bits per heavy atom. The van der Waals surface area contributed by atoms with Gasteiger partial charge in [0.25, 0.3) is 0 Å². The molecule has 1 aromatic rings. The molecule has 0 aromatic carbocycles. The Morgan fingerprint density at radius 3 is 2.08 bits per heavy atom. The molecule has 0 radical (unpaired) electrons. The number of nitrogens with zero attached hydrogens (tertiary/aromatic N) is 2. The van der Waals surface area contributed by atoms with Crippen LogP contribution in [0.4, 0.5) is 11.8 Å². The Balaban J connectivity index is 2.88. The van der Waals surface area contributed by atoms with Gasteiger partial charge in [-0.3, -0.25) is 4.57 Å². The largest absolute Gasteiger partial charge is 0.477 e. The lowest BCUT2D eigenvalue weighted by Crippen LogP contribution is -2.46. The predicted octanol–water partition coefficient (Wildman–Crippen LogP) is 2.25. The van der Waals surface area contributed by atoms with E-state index < -0.39 is 18.4 Å². The highest BCUT2D eigenvalue weighted by Crippen LogP contribution is 2.59. The van der Waals surface area contributed by atoms with E-state index in [9.17, 15) is 14.4 Å². The molecule has 0 aliphatic heterocycles. The van der Waals surface area contributed by atoms with Gasteiger partial charge in [0.15, 0.2) is 5.34 Å². The Kier molecular flexibility index (Phi) is 7.04. The summed E-state index contributed by atoms with van der Waals surface area (Å²) in [6.45, 7) is 11.0. The summed E-state index contributed by atoms with van der Waals surface area (Å²) in [5, 5.41) is -1.56. The van der Waals surface area contributed by atoms with Crippen LogP contribution in [0.3, 0.4) is 0 Å². The number of rotatable bonds is 9. The summed E-state index contributed by atoms with van der Waals surface area (Å²) in [6, 6.07) is 1.45. The third kappa shape index (κ3) is 5.30. The van der Waals surface area contributed by atoms with Crippen molar-refractivity contribution in [2.24, 2.45) is 17.3 Å². The van der Waals surface area contributed by atoms with Gasteiger partial charge in [-0.05, 0) is 11.8 Å². The lowest BCUT2D eigenvalue weighted by atomic mass is 9.93. The van der Waals surface area contributed by atoms with Crippen LogP contribution in [0.2, 0.25) is 0 Å². The minimum Gasteiger partial charge on any atom is -0.477 e. The van der Waals surface area contributed by atoms with E-state index in [4.69, 9.17) is 20.9 Å². The van der Waals surface area contributed by atoms with E-state index in [1.54, 1.807) is 27.7 Å². The van der Waals surface area contributed by atoms with Gasteiger partial charge in [0.05, 0.1) is 13.2 Å². The van der Waals surface area contributed by atoms with Crippen molar-refractivity contribution in [2.45, 2.75) is 46.9 Å². The van der Waals surface area contributed by atoms with Crippen molar-refractivity contribution in [2.75, 3.05) is 24.7 Å². The van der Waals surface area contributed by atoms with E-state index in [0.29, 0.717) is 0 Å². The van der Waals surface area contributed by atoms with Crippen LogP contribution in [0.5, 0.6) is 5.88 Å². The van der Waals surface area contributed by atoms with Crippen LogP contribution in [0.25, 0.3) is 0 Å². The average molecular weight is 390 g/mol. The maximum atomic E-state index is 12.2. The first-order valence-corrected chi connectivity index (χ1v) is 10.0. The first-order chi connectivity index (χ1) is 11.7. The summed E-state index contributed by atoms with van der Waals surface area (Å²) in [6.07, 6.45) is 0. The van der Waals surface area contributed by atoms with Gasteiger partial charge < -0.3 is 30.7 Å². The molecule has 1 heterocycles. The van der Waals surface area contributed by atoms with E-state index in [-0.39, 0.29) is 42.7 Å². The monoisotopic (exact) mass is 390 g/mol. The molecule has 6 N–H and O–H groups in total. The van der Waals surface area contributed by atoms with Gasteiger partial charge in [0.1, 0.15) is 5.82 Å². The zero-order chi connectivity index (χ0) is 20.3. The van der Waals surface area contributed by atoms with E-state index >= 15 is 0 Å². The predicted molar refractivity (Wildman–Crippen MR) is 101 cm³/mol. The molecule has 10 heteroatoms. The molecule has 0 aliphatic carbocycles. The Bertz CT molecular complexity index is 632. The summed E-state index contributed by atoms with van der Waals surface area (Å²) < 4.78 is 23.7. The van der Waals surface area contributed by atoms with Gasteiger partial charge in [0, 0.05) is 11.5 Å². The fraction of sp³-hybridized carbons (Fsp3) is 0.750. The number of aromatic nitrogens is 2. The van der Waals surface area contributed by atoms with Crippen LogP contribution in [0.1, 0.15) is 41.5 Å². The maximum absolute atomic E-state index is 12.2. The topological polar surface area (TPSA) is 154 Å². The lowest BCUT2D eigenvalue weighted by molar-refractivity contribution is -0.0954. The highest BCUT2D eigenvalue weighted by atomic mass is 31.2. The lowest BCUT2D eigenvalue weighted by Gasteiger charge is -2.42. The first kappa shape index (κ1) is 22.6. The van der Waals surface area contributed by atoms with Crippen molar-refractivity contribution in [3.05, 3.63) is 6.07 Å². The van der Waals surface area contributed by atoms with Crippen molar-refractivity contribution < 1.29 is 23.8 Å². The van der Waals surface area contributed by atoms with Crippen molar-refractivity contribution >= 4 is 19.4 Å². The van der Waals surface area contributed by atoms with Gasteiger partial charge >= 0.3 is 7.60 Å². The smallest absolute Gasteiger partial charge is 0.357 e. The molecule has 0 fully saturated rings. The quantitative estimate of drug-likeness (QED) is 0.465. The van der Waals surface area contributed by atoms with Crippen molar-refractivity contribution in [1.29, 1.82) is 0 Å². The second kappa shape index (κ2) is 8.08. The van der Waals surface area contributed by atoms with Gasteiger partial charge in [-0.2, -0.15) is 9.97 Å². The fourth-order valence-corrected chi connectivity index (χ4v) is 4.49. The first-order valence-electron chi connectivity index (χ1n) is 8.43. The molecule has 1 aromatic heterocycles. The Labute approximate surface area is 154 Å². The normalized spacial score (nSPS) is 13.5. The molecular weight excluding hydrogens is 359 g/mol. The Morgan fingerprint density at radius 2 is 1.65 bits per heavy atom. The third-order valence-electron chi connectivity index (χ3n) is 4.15. The van der Waals surface area contributed by atoms with Crippen LogP contribution in [-0.2, 0) is 9.30 Å². The molecule has 0 amide bonds. The standard InChI is InChI=1S/C16H31N4O5P/c1-10(2)16(11(3)4,26(21,22)23)25-9-15(5,6)8-24-13-7-12(17)19-14(18)20-13/h7,10-11H,8-9H2,1-6H3,(H2,21,22,23)(H4,17,18,19,20). The fourth-order valence-electron chi connectivity index (χ4n) is 2.91. The molecule has 150 valence electrons. The average Bonchev–Trinajstić information content (AvgIpc) is 2.42. The van der Waals surface area contributed by atoms with Gasteiger partial charge in [-0.25, -0.2) is 0 Å². The minimum atomic E-state index is -4.51. The molecule has 0 saturated carbocycles.